The largest absolute Gasteiger partial charge is 0.481 e. The van der Waals surface area contributed by atoms with E-state index < -0.39 is 29.2 Å². The van der Waals surface area contributed by atoms with Gasteiger partial charge in [-0.15, -0.1) is 6.58 Å². The molecule has 2 aliphatic rings. The molecule has 2 saturated carbocycles. The Balaban J connectivity index is 2.45. The molecule has 6 nitrogen and oxygen atoms in total. The molecular formula is C25H42O6. The van der Waals surface area contributed by atoms with Gasteiger partial charge in [-0.05, 0) is 48.3 Å². The molecule has 2 aliphatic carbocycles. The van der Waals surface area contributed by atoms with Crippen LogP contribution < -0.4 is 0 Å². The Morgan fingerprint density at radius 1 is 1.19 bits per heavy atom. The fraction of sp³-hybridized carbons (Fsp3) is 0.840. The number of carboxylic acids is 1. The summed E-state index contributed by atoms with van der Waals surface area (Å²) in [7, 11) is 0. The van der Waals surface area contributed by atoms with Crippen LogP contribution >= 0.6 is 0 Å². The fourth-order valence-electron chi connectivity index (χ4n) is 6.77. The van der Waals surface area contributed by atoms with Crippen LogP contribution in [0.3, 0.4) is 0 Å². The van der Waals surface area contributed by atoms with Gasteiger partial charge < -0.3 is 20.4 Å². The number of carboxylic acid groups (broad SMARTS) is 1. The Bertz CT molecular complexity index is 683. The highest BCUT2D eigenvalue weighted by atomic mass is 16.5. The fourth-order valence-corrected chi connectivity index (χ4v) is 6.77. The molecule has 0 aromatic heterocycles. The quantitative estimate of drug-likeness (QED) is 0.247. The number of aliphatic hydroxyl groups excluding tert-OH is 1. The Morgan fingerprint density at radius 3 is 2.35 bits per heavy atom. The predicted octanol–water partition coefficient (Wildman–Crippen LogP) is 3.78. The van der Waals surface area contributed by atoms with E-state index in [0.717, 1.165) is 19.3 Å². The normalized spacial score (nSPS) is 37.5. The number of ketones is 1. The van der Waals surface area contributed by atoms with E-state index in [1.165, 1.54) is 0 Å². The lowest BCUT2D eigenvalue weighted by Crippen LogP contribution is -2.72. The smallest absolute Gasteiger partial charge is 0.303 e. The summed E-state index contributed by atoms with van der Waals surface area (Å²) in [6, 6.07) is 0. The number of allylic oxidation sites excluding steroid dienone is 1. The molecule has 4 N–H and O–H groups in total. The van der Waals surface area contributed by atoms with E-state index in [1.54, 1.807) is 13.0 Å². The van der Waals surface area contributed by atoms with Crippen LogP contribution in [0.1, 0.15) is 79.6 Å². The zero-order valence-electron chi connectivity index (χ0n) is 19.8. The van der Waals surface area contributed by atoms with Crippen molar-refractivity contribution in [3.63, 3.8) is 0 Å². The van der Waals surface area contributed by atoms with Crippen molar-refractivity contribution in [3.05, 3.63) is 12.7 Å². The molecule has 0 radical (unpaired) electrons. The summed E-state index contributed by atoms with van der Waals surface area (Å²) < 4.78 is 0. The van der Waals surface area contributed by atoms with E-state index in [2.05, 4.69) is 6.58 Å². The number of aliphatic carboxylic acids is 1. The molecule has 0 heterocycles. The van der Waals surface area contributed by atoms with E-state index in [4.69, 9.17) is 5.11 Å². The topological polar surface area (TPSA) is 115 Å². The van der Waals surface area contributed by atoms with Crippen LogP contribution in [0.5, 0.6) is 0 Å². The molecule has 0 aliphatic heterocycles. The number of carbonyl (C=O) groups is 2. The van der Waals surface area contributed by atoms with Crippen molar-refractivity contribution < 1.29 is 30.0 Å². The second kappa shape index (κ2) is 9.32. The minimum Gasteiger partial charge on any atom is -0.481 e. The first-order valence-electron chi connectivity index (χ1n) is 11.7. The molecule has 0 saturated heterocycles. The molecule has 0 spiro atoms. The van der Waals surface area contributed by atoms with Crippen LogP contribution in [-0.2, 0) is 9.59 Å². The third-order valence-corrected chi connectivity index (χ3v) is 8.59. The predicted molar refractivity (Wildman–Crippen MR) is 119 cm³/mol. The Kier molecular flexibility index (Phi) is 7.82. The molecule has 31 heavy (non-hydrogen) atoms. The van der Waals surface area contributed by atoms with Gasteiger partial charge in [0.25, 0.3) is 0 Å². The van der Waals surface area contributed by atoms with Crippen molar-refractivity contribution in [3.8, 4) is 0 Å². The van der Waals surface area contributed by atoms with Crippen LogP contribution in [0.4, 0.5) is 0 Å². The minimum absolute atomic E-state index is 0.0139. The highest BCUT2D eigenvalue weighted by Gasteiger charge is 2.70. The number of unbranched alkanes of at least 4 members (excludes halogenated alkanes) is 1. The van der Waals surface area contributed by atoms with Crippen molar-refractivity contribution in [2.75, 3.05) is 0 Å². The van der Waals surface area contributed by atoms with E-state index in [-0.39, 0.29) is 54.1 Å². The van der Waals surface area contributed by atoms with Crippen LogP contribution in [-0.4, -0.2) is 44.1 Å². The van der Waals surface area contributed by atoms with Gasteiger partial charge in [-0.2, -0.15) is 0 Å². The third-order valence-electron chi connectivity index (χ3n) is 8.59. The zero-order chi connectivity index (χ0) is 23.8. The van der Waals surface area contributed by atoms with Gasteiger partial charge in [0.05, 0.1) is 0 Å². The molecule has 0 aromatic carbocycles. The van der Waals surface area contributed by atoms with Crippen molar-refractivity contribution in [1.82, 2.24) is 0 Å². The molecule has 0 amide bonds. The van der Waals surface area contributed by atoms with Gasteiger partial charge in [-0.25, -0.2) is 0 Å². The molecule has 0 bridgehead atoms. The van der Waals surface area contributed by atoms with Gasteiger partial charge in [-0.1, -0.05) is 53.5 Å². The summed E-state index contributed by atoms with van der Waals surface area (Å²) in [5, 5.41) is 42.0. The van der Waals surface area contributed by atoms with Gasteiger partial charge in [0.2, 0.25) is 0 Å². The van der Waals surface area contributed by atoms with Crippen molar-refractivity contribution in [2.45, 2.75) is 91.5 Å². The zero-order valence-corrected chi connectivity index (χ0v) is 19.8. The maximum atomic E-state index is 13.6. The highest BCUT2D eigenvalue weighted by molar-refractivity contribution is 5.83. The molecule has 6 heteroatoms. The first-order valence-corrected chi connectivity index (χ1v) is 11.7. The monoisotopic (exact) mass is 438 g/mol. The number of hydrogen-bond donors (Lipinski definition) is 4. The molecule has 0 aromatic rings. The number of fused-ring (bicyclic) bond motifs is 1. The average molecular weight is 439 g/mol. The second-order valence-corrected chi connectivity index (χ2v) is 11.1. The van der Waals surface area contributed by atoms with Crippen molar-refractivity contribution >= 4 is 11.8 Å². The van der Waals surface area contributed by atoms with E-state index in [9.17, 15) is 24.9 Å². The number of rotatable bonds is 9. The van der Waals surface area contributed by atoms with E-state index >= 15 is 0 Å². The molecule has 7 atom stereocenters. The summed E-state index contributed by atoms with van der Waals surface area (Å²) in [4.78, 5) is 24.5. The lowest BCUT2D eigenvalue weighted by atomic mass is 9.41. The molecule has 178 valence electrons. The average Bonchev–Trinajstić information content (AvgIpc) is 2.64. The summed E-state index contributed by atoms with van der Waals surface area (Å²) in [6.45, 7) is 13.6. The summed E-state index contributed by atoms with van der Waals surface area (Å²) in [5.41, 5.74) is -1.55. The molecular weight excluding hydrogens is 396 g/mol. The second-order valence-electron chi connectivity index (χ2n) is 11.1. The highest BCUT2D eigenvalue weighted by Crippen LogP contribution is 2.65. The number of Topliss-reactive ketones (excluding diaryl/α,β-unsaturated/α-hetero) is 1. The first kappa shape index (κ1) is 26.0. The summed E-state index contributed by atoms with van der Waals surface area (Å²) in [6.07, 6.45) is 3.98. The SMILES string of the molecule is C=C[C@@H](C)CC(=O)[C@H]1[C@@H](C)[C@H](CCCCC(=O)O)C[C@H]2C(C)(C)CC(O)C(O)(O)[C@]12C. The third kappa shape index (κ3) is 4.76. The van der Waals surface area contributed by atoms with Crippen LogP contribution in [0.15, 0.2) is 12.7 Å². The first-order chi connectivity index (χ1) is 14.2. The summed E-state index contributed by atoms with van der Waals surface area (Å²) in [5.74, 6) is -3.88. The van der Waals surface area contributed by atoms with Crippen LogP contribution in [0.2, 0.25) is 0 Å². The number of aliphatic hydroxyl groups is 3. The van der Waals surface area contributed by atoms with Gasteiger partial charge in [0.15, 0.2) is 5.79 Å². The van der Waals surface area contributed by atoms with Gasteiger partial charge in [0.1, 0.15) is 11.9 Å². The Labute approximate surface area is 186 Å². The Hall–Kier alpha value is -1.24. The minimum atomic E-state index is -2.35. The lowest BCUT2D eigenvalue weighted by molar-refractivity contribution is -0.360. The molecule has 1 unspecified atom stereocenters. The van der Waals surface area contributed by atoms with Gasteiger partial charge in [-0.3, -0.25) is 9.59 Å². The maximum Gasteiger partial charge on any atom is 0.303 e. The molecule has 2 rings (SSSR count). The lowest BCUT2D eigenvalue weighted by Gasteiger charge is -2.65. The number of hydrogen-bond acceptors (Lipinski definition) is 5. The molecule has 2 fully saturated rings. The van der Waals surface area contributed by atoms with Gasteiger partial charge >= 0.3 is 5.97 Å². The van der Waals surface area contributed by atoms with Crippen LogP contribution in [0, 0.1) is 40.4 Å². The van der Waals surface area contributed by atoms with E-state index in [0.29, 0.717) is 6.42 Å². The van der Waals surface area contributed by atoms with Gasteiger partial charge in [0, 0.05) is 24.2 Å². The summed E-state index contributed by atoms with van der Waals surface area (Å²) >= 11 is 0. The van der Waals surface area contributed by atoms with Crippen LogP contribution in [0.25, 0.3) is 0 Å². The van der Waals surface area contributed by atoms with Crippen molar-refractivity contribution in [1.29, 1.82) is 0 Å². The maximum absolute atomic E-state index is 13.6. The number of carbonyl (C=O) groups excluding carboxylic acids is 1. The standard InChI is InChI=1S/C25H42O6/c1-7-15(2)12-18(26)22-16(3)17(10-8-9-11-21(28)29)13-19-23(4,5)14-20(27)25(30,31)24(19,22)6/h7,15-17,19-20,22,27,30-31H,1,8-14H2,2-6H3,(H,28,29)/t15-,16+,17-,19+,20?,22-,24+/m1/s1. The van der Waals surface area contributed by atoms with Crippen molar-refractivity contribution in [2.24, 2.45) is 40.4 Å². The van der Waals surface area contributed by atoms with E-state index in [1.807, 2.05) is 27.7 Å². The Morgan fingerprint density at radius 2 is 1.81 bits per heavy atom.